The summed E-state index contributed by atoms with van der Waals surface area (Å²) in [7, 11) is 0. The topological polar surface area (TPSA) is 35.6 Å². The van der Waals surface area contributed by atoms with Gasteiger partial charge in [-0.05, 0) is 36.4 Å². The molecular weight excluding hydrogens is 428 g/mol. The molecule has 1 aliphatic rings. The summed E-state index contributed by atoms with van der Waals surface area (Å²) in [6.45, 7) is 0. The summed E-state index contributed by atoms with van der Waals surface area (Å²) >= 11 is 0. The third-order valence-corrected chi connectivity index (χ3v) is 6.71. The van der Waals surface area contributed by atoms with Crippen LogP contribution in [0.5, 0.6) is 0 Å². The Morgan fingerprint density at radius 3 is 1.86 bits per heavy atom. The van der Waals surface area contributed by atoms with E-state index in [1.54, 1.807) is 0 Å². The van der Waals surface area contributed by atoms with Gasteiger partial charge in [-0.1, -0.05) is 91.0 Å². The van der Waals surface area contributed by atoms with Crippen molar-refractivity contribution < 1.29 is 0 Å². The van der Waals surface area contributed by atoms with E-state index in [0.717, 1.165) is 28.6 Å². The van der Waals surface area contributed by atoms with Crippen molar-refractivity contribution in [2.45, 2.75) is 5.92 Å². The second-order valence-corrected chi connectivity index (χ2v) is 8.74. The van der Waals surface area contributed by atoms with Gasteiger partial charge in [0.15, 0.2) is 5.82 Å². The molecule has 0 radical (unpaired) electrons. The van der Waals surface area contributed by atoms with Gasteiger partial charge in [0.25, 0.3) is 0 Å². The fourth-order valence-corrected chi connectivity index (χ4v) is 5.16. The van der Waals surface area contributed by atoms with Crippen molar-refractivity contribution in [2.24, 2.45) is 0 Å². The lowest BCUT2D eigenvalue weighted by atomic mass is 10.1. The molecule has 1 aliphatic carbocycles. The number of fused-ring (bicyclic) bond motifs is 3. The molecule has 0 amide bonds. The minimum absolute atomic E-state index is 0.0943. The highest BCUT2D eigenvalue weighted by atomic mass is 15.3. The molecule has 0 fully saturated rings. The van der Waals surface area contributed by atoms with Gasteiger partial charge in [0.2, 0.25) is 0 Å². The maximum absolute atomic E-state index is 4.77. The molecule has 2 heterocycles. The third kappa shape index (κ3) is 3.07. The van der Waals surface area contributed by atoms with Gasteiger partial charge in [0, 0.05) is 22.0 Å². The van der Waals surface area contributed by atoms with Crippen LogP contribution < -0.4 is 0 Å². The van der Waals surface area contributed by atoms with Crippen LogP contribution in [0.2, 0.25) is 0 Å². The van der Waals surface area contributed by atoms with Crippen molar-refractivity contribution in [3.05, 3.63) is 133 Å². The van der Waals surface area contributed by atoms with Crippen LogP contribution in [-0.2, 0) is 0 Å². The molecule has 4 nitrogen and oxygen atoms in total. The molecule has 0 N–H and O–H groups in total. The predicted molar refractivity (Wildman–Crippen MR) is 142 cm³/mol. The average molecular weight is 451 g/mol. The molecule has 0 saturated carbocycles. The number of allylic oxidation sites excluding steroid dienone is 4. The third-order valence-electron chi connectivity index (χ3n) is 6.71. The maximum atomic E-state index is 4.77. The summed E-state index contributed by atoms with van der Waals surface area (Å²) < 4.78 is 4.54. The number of aromatic nitrogens is 4. The van der Waals surface area contributed by atoms with E-state index >= 15 is 0 Å². The Bertz CT molecular complexity index is 1690. The van der Waals surface area contributed by atoms with Crippen molar-refractivity contribution in [3.8, 4) is 22.8 Å². The highest BCUT2D eigenvalue weighted by Gasteiger charge is 2.24. The largest absolute Gasteiger partial charge is 0.309 e. The van der Waals surface area contributed by atoms with Gasteiger partial charge in [-0.3, -0.25) is 4.57 Å². The Labute approximate surface area is 203 Å². The molecule has 2 aromatic heterocycles. The van der Waals surface area contributed by atoms with Crippen LogP contribution in [0.4, 0.5) is 0 Å². The van der Waals surface area contributed by atoms with Gasteiger partial charge >= 0.3 is 0 Å². The van der Waals surface area contributed by atoms with Crippen LogP contribution in [-0.4, -0.2) is 19.3 Å². The molecule has 0 saturated heterocycles. The van der Waals surface area contributed by atoms with Gasteiger partial charge in [-0.25, -0.2) is 0 Å². The maximum Gasteiger partial charge on any atom is 0.170 e. The van der Waals surface area contributed by atoms with Crippen molar-refractivity contribution >= 4 is 21.8 Å². The SMILES string of the molecule is C1=CC(c2nnc(-c3ccccc3-n3c4ccccc4c4ccccc43)n2-c2ccccc2)C=C1. The van der Waals surface area contributed by atoms with E-state index in [1.807, 2.05) is 6.07 Å². The highest BCUT2D eigenvalue weighted by Crippen LogP contribution is 2.37. The van der Waals surface area contributed by atoms with E-state index in [1.165, 1.54) is 21.8 Å². The first-order valence-electron chi connectivity index (χ1n) is 11.8. The summed E-state index contributed by atoms with van der Waals surface area (Å²) in [6.07, 6.45) is 8.46. The van der Waals surface area contributed by atoms with Crippen molar-refractivity contribution in [1.82, 2.24) is 19.3 Å². The van der Waals surface area contributed by atoms with E-state index in [-0.39, 0.29) is 5.92 Å². The minimum atomic E-state index is 0.0943. The molecule has 35 heavy (non-hydrogen) atoms. The number of hydrogen-bond donors (Lipinski definition) is 0. The smallest absolute Gasteiger partial charge is 0.170 e. The summed E-state index contributed by atoms with van der Waals surface area (Å²) in [5.74, 6) is 1.84. The van der Waals surface area contributed by atoms with Crippen molar-refractivity contribution in [2.75, 3.05) is 0 Å². The molecule has 0 aliphatic heterocycles. The normalized spacial score (nSPS) is 13.4. The van der Waals surface area contributed by atoms with Crippen LogP contribution >= 0.6 is 0 Å². The molecule has 0 unspecified atom stereocenters. The standard InChI is InChI=1S/C31H22N4/c1-2-14-23(15-3-1)34-30(22-12-4-5-13-22)32-33-31(34)26-18-8-11-21-29(26)35-27-19-9-6-16-24(27)25-17-7-10-20-28(25)35/h1-22H. The Morgan fingerprint density at radius 1 is 0.543 bits per heavy atom. The van der Waals surface area contributed by atoms with E-state index in [9.17, 15) is 0 Å². The lowest BCUT2D eigenvalue weighted by molar-refractivity contribution is 0.864. The van der Waals surface area contributed by atoms with Crippen LogP contribution in [0.25, 0.3) is 44.6 Å². The Balaban J connectivity index is 1.54. The zero-order valence-corrected chi connectivity index (χ0v) is 19.0. The van der Waals surface area contributed by atoms with Gasteiger partial charge in [-0.2, -0.15) is 0 Å². The molecular formula is C31H22N4. The van der Waals surface area contributed by atoms with Crippen molar-refractivity contribution in [1.29, 1.82) is 0 Å². The van der Waals surface area contributed by atoms with Crippen molar-refractivity contribution in [3.63, 3.8) is 0 Å². The summed E-state index contributed by atoms with van der Waals surface area (Å²) in [4.78, 5) is 0. The quantitative estimate of drug-likeness (QED) is 0.284. The molecule has 4 heteroatoms. The molecule has 0 bridgehead atoms. The number of hydrogen-bond acceptors (Lipinski definition) is 2. The van der Waals surface area contributed by atoms with Gasteiger partial charge in [0.1, 0.15) is 5.82 Å². The van der Waals surface area contributed by atoms with Crippen LogP contribution in [0.15, 0.2) is 127 Å². The van der Waals surface area contributed by atoms with E-state index < -0.39 is 0 Å². The Kier molecular flexibility index (Phi) is 4.49. The first kappa shape index (κ1) is 19.7. The summed E-state index contributed by atoms with van der Waals surface area (Å²) in [5, 5.41) is 11.9. The van der Waals surface area contributed by atoms with Crippen LogP contribution in [0.3, 0.4) is 0 Å². The zero-order valence-electron chi connectivity index (χ0n) is 19.0. The van der Waals surface area contributed by atoms with Crippen LogP contribution in [0, 0.1) is 0 Å². The predicted octanol–water partition coefficient (Wildman–Crippen LogP) is 7.24. The van der Waals surface area contributed by atoms with Crippen LogP contribution in [0.1, 0.15) is 11.7 Å². The summed E-state index contributed by atoms with van der Waals surface area (Å²) in [6, 6.07) is 36.0. The van der Waals surface area contributed by atoms with E-state index in [0.29, 0.717) is 0 Å². The number of para-hydroxylation sites is 4. The molecule has 4 aromatic carbocycles. The van der Waals surface area contributed by atoms with E-state index in [2.05, 4.69) is 131 Å². The fraction of sp³-hybridized carbons (Fsp3) is 0.0323. The average Bonchev–Trinajstić information content (AvgIpc) is 3.67. The molecule has 0 spiro atoms. The van der Waals surface area contributed by atoms with Gasteiger partial charge < -0.3 is 4.57 Å². The molecule has 7 rings (SSSR count). The number of rotatable bonds is 4. The van der Waals surface area contributed by atoms with Gasteiger partial charge in [-0.15, -0.1) is 10.2 Å². The first-order chi connectivity index (χ1) is 17.4. The monoisotopic (exact) mass is 450 g/mol. The first-order valence-corrected chi connectivity index (χ1v) is 11.8. The second-order valence-electron chi connectivity index (χ2n) is 8.74. The lowest BCUT2D eigenvalue weighted by Gasteiger charge is -2.16. The number of benzene rings is 4. The fourth-order valence-electron chi connectivity index (χ4n) is 5.16. The lowest BCUT2D eigenvalue weighted by Crippen LogP contribution is -2.07. The summed E-state index contributed by atoms with van der Waals surface area (Å²) in [5.41, 5.74) is 5.52. The minimum Gasteiger partial charge on any atom is -0.309 e. The van der Waals surface area contributed by atoms with E-state index in [4.69, 9.17) is 10.2 Å². The Hall–Kier alpha value is -4.70. The number of nitrogens with zero attached hydrogens (tertiary/aromatic N) is 4. The highest BCUT2D eigenvalue weighted by molar-refractivity contribution is 6.09. The molecule has 166 valence electrons. The Morgan fingerprint density at radius 2 is 1.14 bits per heavy atom. The van der Waals surface area contributed by atoms with Gasteiger partial charge in [0.05, 0.1) is 22.6 Å². The molecule has 0 atom stereocenters. The zero-order chi connectivity index (χ0) is 23.2. The molecule has 6 aromatic rings. The second kappa shape index (κ2) is 7.96.